The van der Waals surface area contributed by atoms with Crippen molar-refractivity contribution in [2.75, 3.05) is 13.2 Å². The molecule has 0 radical (unpaired) electrons. The number of hydrogen-bond acceptors (Lipinski definition) is 4. The normalized spacial score (nSPS) is 19.1. The molecule has 1 atom stereocenters. The van der Waals surface area contributed by atoms with Crippen molar-refractivity contribution >= 4 is 12.3 Å². The molecule has 0 spiro atoms. The highest BCUT2D eigenvalue weighted by atomic mass is 16.6. The van der Waals surface area contributed by atoms with Crippen molar-refractivity contribution in [1.29, 1.82) is 0 Å². The first-order chi connectivity index (χ1) is 9.29. The smallest absolute Gasteiger partial charge is 0.430 e. The molecule has 0 saturated carbocycles. The van der Waals surface area contributed by atoms with Gasteiger partial charge in [0.1, 0.15) is 6.10 Å². The summed E-state index contributed by atoms with van der Waals surface area (Å²) in [6.07, 6.45) is 3.49. The molecule has 1 N–H and O–H groups in total. The van der Waals surface area contributed by atoms with E-state index in [0.717, 1.165) is 24.8 Å². The van der Waals surface area contributed by atoms with E-state index in [1.165, 1.54) is 5.01 Å². The first kappa shape index (κ1) is 13.5. The lowest BCUT2D eigenvalue weighted by Crippen LogP contribution is -2.19. The highest BCUT2D eigenvalue weighted by Gasteiger charge is 2.30. The Morgan fingerprint density at radius 1 is 1.37 bits per heavy atom. The molecule has 1 aliphatic rings. The third-order valence-electron chi connectivity index (χ3n) is 2.93. The Morgan fingerprint density at radius 3 is 2.89 bits per heavy atom. The van der Waals surface area contributed by atoms with Crippen molar-refractivity contribution < 1.29 is 14.6 Å². The molecule has 0 aliphatic carbocycles. The van der Waals surface area contributed by atoms with E-state index >= 15 is 0 Å². The maximum absolute atomic E-state index is 11.6. The second-order valence-electron chi connectivity index (χ2n) is 4.46. The standard InChI is InChI=1S/C14H18N2O3/c17-9-5-4-8-13-11-16(14(18)19-13)15-10-12-6-2-1-3-7-12/h1-3,6-7,10,13,17H,4-5,8-9,11H2. The minimum atomic E-state index is -0.402. The number of rotatable bonds is 6. The van der Waals surface area contributed by atoms with Gasteiger partial charge in [-0.25, -0.2) is 4.79 Å². The van der Waals surface area contributed by atoms with Crippen LogP contribution in [0.3, 0.4) is 0 Å². The van der Waals surface area contributed by atoms with Gasteiger partial charge in [0.25, 0.3) is 0 Å². The van der Waals surface area contributed by atoms with Crippen LogP contribution < -0.4 is 0 Å². The summed E-state index contributed by atoms with van der Waals surface area (Å²) in [6, 6.07) is 9.61. The maximum Gasteiger partial charge on any atom is 0.430 e. The van der Waals surface area contributed by atoms with Gasteiger partial charge in [-0.15, -0.1) is 0 Å². The molecular weight excluding hydrogens is 244 g/mol. The van der Waals surface area contributed by atoms with E-state index in [-0.39, 0.29) is 12.7 Å². The Hall–Kier alpha value is -1.88. The third-order valence-corrected chi connectivity index (χ3v) is 2.93. The van der Waals surface area contributed by atoms with Gasteiger partial charge in [0.15, 0.2) is 0 Å². The number of amides is 1. The average Bonchev–Trinajstić information content (AvgIpc) is 2.78. The number of benzene rings is 1. The zero-order valence-corrected chi connectivity index (χ0v) is 10.7. The number of cyclic esters (lactones) is 1. The van der Waals surface area contributed by atoms with Gasteiger partial charge in [0.05, 0.1) is 12.8 Å². The van der Waals surface area contributed by atoms with E-state index in [9.17, 15) is 4.79 Å². The van der Waals surface area contributed by atoms with Crippen LogP contribution in [0.15, 0.2) is 35.4 Å². The van der Waals surface area contributed by atoms with Crippen LogP contribution in [0.25, 0.3) is 0 Å². The fraction of sp³-hybridized carbons (Fsp3) is 0.429. The Bertz CT molecular complexity index is 434. The van der Waals surface area contributed by atoms with Crippen LogP contribution >= 0.6 is 0 Å². The number of hydrazone groups is 1. The predicted octanol–water partition coefficient (Wildman–Crippen LogP) is 2.00. The van der Waals surface area contributed by atoms with E-state index in [1.807, 2.05) is 30.3 Å². The Morgan fingerprint density at radius 2 is 2.16 bits per heavy atom. The van der Waals surface area contributed by atoms with Gasteiger partial charge >= 0.3 is 6.09 Å². The van der Waals surface area contributed by atoms with Gasteiger partial charge in [-0.1, -0.05) is 30.3 Å². The molecule has 1 amide bonds. The molecule has 1 aromatic rings. The van der Waals surface area contributed by atoms with Crippen LogP contribution in [-0.2, 0) is 4.74 Å². The van der Waals surface area contributed by atoms with Crippen LogP contribution in [0, 0.1) is 0 Å². The van der Waals surface area contributed by atoms with Crippen LogP contribution in [0.4, 0.5) is 4.79 Å². The average molecular weight is 262 g/mol. The Labute approximate surface area is 112 Å². The number of carbonyl (C=O) groups excluding carboxylic acids is 1. The molecule has 1 unspecified atom stereocenters. The quantitative estimate of drug-likeness (QED) is 0.630. The summed E-state index contributed by atoms with van der Waals surface area (Å²) >= 11 is 0. The predicted molar refractivity (Wildman–Crippen MR) is 71.9 cm³/mol. The summed E-state index contributed by atoms with van der Waals surface area (Å²) in [6.45, 7) is 0.657. The lowest BCUT2D eigenvalue weighted by atomic mass is 10.1. The lowest BCUT2D eigenvalue weighted by molar-refractivity contribution is 0.127. The van der Waals surface area contributed by atoms with Gasteiger partial charge in [0.2, 0.25) is 0 Å². The number of ether oxygens (including phenoxy) is 1. The number of hydrogen-bond donors (Lipinski definition) is 1. The number of aliphatic hydroxyl groups is 1. The molecule has 0 bridgehead atoms. The summed E-state index contributed by atoms with van der Waals surface area (Å²) < 4.78 is 5.20. The Balaban J connectivity index is 1.85. The first-order valence-electron chi connectivity index (χ1n) is 6.47. The van der Waals surface area contributed by atoms with Crippen LogP contribution in [0.2, 0.25) is 0 Å². The van der Waals surface area contributed by atoms with Gasteiger partial charge in [-0.3, -0.25) is 0 Å². The van der Waals surface area contributed by atoms with Crippen molar-refractivity contribution in [3.8, 4) is 0 Å². The molecule has 1 aliphatic heterocycles. The molecule has 0 aromatic heterocycles. The SMILES string of the molecule is O=C1OC(CCCCO)CN1N=Cc1ccccc1. The van der Waals surface area contributed by atoms with E-state index < -0.39 is 6.09 Å². The third kappa shape index (κ3) is 4.06. The van der Waals surface area contributed by atoms with Crippen molar-refractivity contribution in [1.82, 2.24) is 5.01 Å². The van der Waals surface area contributed by atoms with E-state index in [0.29, 0.717) is 6.54 Å². The lowest BCUT2D eigenvalue weighted by Gasteiger charge is -2.06. The zero-order valence-electron chi connectivity index (χ0n) is 10.7. The largest absolute Gasteiger partial charge is 0.443 e. The maximum atomic E-state index is 11.6. The second-order valence-corrected chi connectivity index (χ2v) is 4.46. The number of aliphatic hydroxyl groups excluding tert-OH is 1. The summed E-state index contributed by atoms with van der Waals surface area (Å²) in [5.41, 5.74) is 0.944. The number of nitrogens with zero attached hydrogens (tertiary/aromatic N) is 2. The Kier molecular flexibility index (Phi) is 4.92. The first-order valence-corrected chi connectivity index (χ1v) is 6.47. The van der Waals surface area contributed by atoms with E-state index in [2.05, 4.69) is 5.10 Å². The zero-order chi connectivity index (χ0) is 13.5. The monoisotopic (exact) mass is 262 g/mol. The molecule has 19 heavy (non-hydrogen) atoms. The summed E-state index contributed by atoms with van der Waals surface area (Å²) in [5.74, 6) is 0. The fourth-order valence-electron chi connectivity index (χ4n) is 1.91. The summed E-state index contributed by atoms with van der Waals surface area (Å²) in [7, 11) is 0. The molecule has 1 heterocycles. The molecule has 1 fully saturated rings. The minimum Gasteiger partial charge on any atom is -0.443 e. The summed E-state index contributed by atoms with van der Waals surface area (Å²) in [4.78, 5) is 11.6. The fourth-order valence-corrected chi connectivity index (χ4v) is 1.91. The molecule has 1 saturated heterocycles. The number of unbranched alkanes of at least 4 members (excludes halogenated alkanes) is 1. The van der Waals surface area contributed by atoms with Crippen LogP contribution in [-0.4, -0.2) is 41.7 Å². The number of carbonyl (C=O) groups is 1. The molecule has 1 aromatic carbocycles. The molecule has 2 rings (SSSR count). The molecule has 102 valence electrons. The highest BCUT2D eigenvalue weighted by Crippen LogP contribution is 2.16. The van der Waals surface area contributed by atoms with Crippen LogP contribution in [0.5, 0.6) is 0 Å². The molecular formula is C14H18N2O3. The van der Waals surface area contributed by atoms with Crippen molar-refractivity contribution in [3.05, 3.63) is 35.9 Å². The van der Waals surface area contributed by atoms with Gasteiger partial charge < -0.3 is 9.84 Å². The minimum absolute atomic E-state index is 0.119. The van der Waals surface area contributed by atoms with Crippen molar-refractivity contribution in [2.45, 2.75) is 25.4 Å². The van der Waals surface area contributed by atoms with E-state index in [4.69, 9.17) is 9.84 Å². The van der Waals surface area contributed by atoms with E-state index in [1.54, 1.807) is 6.21 Å². The topological polar surface area (TPSA) is 62.1 Å². The van der Waals surface area contributed by atoms with Crippen molar-refractivity contribution in [2.24, 2.45) is 5.10 Å². The van der Waals surface area contributed by atoms with Gasteiger partial charge in [-0.05, 0) is 24.8 Å². The van der Waals surface area contributed by atoms with Crippen molar-refractivity contribution in [3.63, 3.8) is 0 Å². The highest BCUT2D eigenvalue weighted by molar-refractivity contribution is 5.81. The molecule has 5 nitrogen and oxygen atoms in total. The molecule has 5 heteroatoms. The van der Waals surface area contributed by atoms with Gasteiger partial charge in [-0.2, -0.15) is 10.1 Å². The van der Waals surface area contributed by atoms with Gasteiger partial charge in [0, 0.05) is 6.61 Å². The second kappa shape index (κ2) is 6.89. The van der Waals surface area contributed by atoms with Crippen LogP contribution in [0.1, 0.15) is 24.8 Å². The summed E-state index contributed by atoms with van der Waals surface area (Å²) in [5, 5.41) is 14.2.